The Morgan fingerprint density at radius 2 is 2.11 bits per heavy atom. The molecule has 1 aromatic rings. The number of benzene rings is 1. The zero-order valence-electron chi connectivity index (χ0n) is 11.6. The third-order valence-electron chi connectivity index (χ3n) is 3.81. The highest BCUT2D eigenvalue weighted by atomic mass is 16.5. The van der Waals surface area contributed by atoms with Crippen LogP contribution >= 0.6 is 0 Å². The van der Waals surface area contributed by atoms with Gasteiger partial charge in [0.1, 0.15) is 0 Å². The second-order valence-corrected chi connectivity index (χ2v) is 5.47. The maximum atomic E-state index is 5.98. The van der Waals surface area contributed by atoms with Gasteiger partial charge in [0.05, 0.1) is 12.7 Å². The van der Waals surface area contributed by atoms with Crippen LogP contribution in [0.2, 0.25) is 0 Å². The molecule has 2 nitrogen and oxygen atoms in total. The van der Waals surface area contributed by atoms with Crippen LogP contribution in [0.3, 0.4) is 0 Å². The molecule has 2 unspecified atom stereocenters. The molecule has 1 saturated carbocycles. The molecule has 1 aliphatic carbocycles. The highest BCUT2D eigenvalue weighted by Gasteiger charge is 2.21. The average molecular weight is 247 g/mol. The molecule has 0 amide bonds. The third-order valence-corrected chi connectivity index (χ3v) is 3.81. The molecule has 2 atom stereocenters. The molecule has 0 saturated heterocycles. The molecule has 0 radical (unpaired) electrons. The van der Waals surface area contributed by atoms with Crippen LogP contribution < -0.4 is 5.32 Å². The largest absolute Gasteiger partial charge is 0.383 e. The molecule has 0 aliphatic heterocycles. The first-order valence-corrected chi connectivity index (χ1v) is 7.18. The summed E-state index contributed by atoms with van der Waals surface area (Å²) in [6, 6.07) is 8.48. The van der Waals surface area contributed by atoms with Gasteiger partial charge in [-0.3, -0.25) is 0 Å². The second kappa shape index (κ2) is 6.79. The molecular formula is C16H25NO. The lowest BCUT2D eigenvalue weighted by Gasteiger charge is -2.28. The molecule has 0 spiro atoms. The number of aryl methyl sites for hydroxylation is 1. The topological polar surface area (TPSA) is 21.3 Å². The zero-order valence-corrected chi connectivity index (χ0v) is 11.6. The van der Waals surface area contributed by atoms with Gasteiger partial charge in [-0.2, -0.15) is 0 Å². The molecular weight excluding hydrogens is 222 g/mol. The molecule has 0 heterocycles. The maximum Gasteiger partial charge on any atom is 0.0642 e. The summed E-state index contributed by atoms with van der Waals surface area (Å²) < 4.78 is 5.98. The van der Waals surface area contributed by atoms with Gasteiger partial charge in [0, 0.05) is 12.2 Å². The van der Waals surface area contributed by atoms with E-state index in [1.54, 1.807) is 0 Å². The lowest BCUT2D eigenvalue weighted by Crippen LogP contribution is -2.27. The van der Waals surface area contributed by atoms with E-state index in [-0.39, 0.29) is 0 Å². The molecule has 2 rings (SSSR count). The van der Waals surface area contributed by atoms with Crippen LogP contribution in [0.4, 0.5) is 5.69 Å². The van der Waals surface area contributed by atoms with Gasteiger partial charge in [-0.15, -0.1) is 0 Å². The van der Waals surface area contributed by atoms with Crippen LogP contribution in [0.5, 0.6) is 0 Å². The Hall–Kier alpha value is -1.02. The Morgan fingerprint density at radius 1 is 1.28 bits per heavy atom. The average Bonchev–Trinajstić information content (AvgIpc) is 2.37. The molecule has 1 aliphatic rings. The van der Waals surface area contributed by atoms with Crippen LogP contribution in [0.15, 0.2) is 24.3 Å². The Bertz CT molecular complexity index is 364. The Morgan fingerprint density at radius 3 is 2.89 bits per heavy atom. The number of hydrogen-bond donors (Lipinski definition) is 1. The van der Waals surface area contributed by atoms with Crippen LogP contribution in [-0.2, 0) is 4.74 Å². The quantitative estimate of drug-likeness (QED) is 0.794. The normalized spacial score (nSPS) is 23.9. The monoisotopic (exact) mass is 247 g/mol. The summed E-state index contributed by atoms with van der Waals surface area (Å²) in [6.07, 6.45) is 5.77. The first-order chi connectivity index (χ1) is 8.75. The summed E-state index contributed by atoms with van der Waals surface area (Å²) in [5.74, 6) is 0.734. The minimum Gasteiger partial charge on any atom is -0.383 e. The highest BCUT2D eigenvalue weighted by molar-refractivity contribution is 5.45. The van der Waals surface area contributed by atoms with Crippen LogP contribution in [0, 0.1) is 12.8 Å². The number of ether oxygens (including phenoxy) is 1. The molecule has 1 fully saturated rings. The number of rotatable bonds is 5. The van der Waals surface area contributed by atoms with Gasteiger partial charge in [0.2, 0.25) is 0 Å². The van der Waals surface area contributed by atoms with E-state index in [0.29, 0.717) is 6.10 Å². The van der Waals surface area contributed by atoms with Crippen molar-refractivity contribution in [1.29, 1.82) is 0 Å². The summed E-state index contributed by atoms with van der Waals surface area (Å²) in [5, 5.41) is 3.41. The van der Waals surface area contributed by atoms with Gasteiger partial charge < -0.3 is 10.1 Å². The van der Waals surface area contributed by atoms with E-state index in [1.807, 2.05) is 0 Å². The van der Waals surface area contributed by atoms with Crippen molar-refractivity contribution >= 4 is 5.69 Å². The predicted octanol–water partition coefficient (Wildman–Crippen LogP) is 4.00. The van der Waals surface area contributed by atoms with Gasteiger partial charge in [-0.05, 0) is 43.4 Å². The van der Waals surface area contributed by atoms with E-state index in [2.05, 4.69) is 43.4 Å². The molecule has 0 aromatic heterocycles. The summed E-state index contributed by atoms with van der Waals surface area (Å²) in [4.78, 5) is 0. The molecule has 1 aromatic carbocycles. The summed E-state index contributed by atoms with van der Waals surface area (Å²) >= 11 is 0. The van der Waals surface area contributed by atoms with Gasteiger partial charge >= 0.3 is 0 Å². The molecule has 100 valence electrons. The van der Waals surface area contributed by atoms with E-state index < -0.39 is 0 Å². The molecule has 1 N–H and O–H groups in total. The van der Waals surface area contributed by atoms with Gasteiger partial charge in [-0.25, -0.2) is 0 Å². The Balaban J connectivity index is 1.66. The summed E-state index contributed by atoms with van der Waals surface area (Å²) in [7, 11) is 0. The zero-order chi connectivity index (χ0) is 12.8. The van der Waals surface area contributed by atoms with Crippen molar-refractivity contribution < 1.29 is 4.74 Å². The van der Waals surface area contributed by atoms with E-state index in [1.165, 1.54) is 36.9 Å². The minimum absolute atomic E-state index is 0.484. The lowest BCUT2D eigenvalue weighted by atomic mass is 9.88. The molecule has 18 heavy (non-hydrogen) atoms. The van der Waals surface area contributed by atoms with Crippen molar-refractivity contribution in [1.82, 2.24) is 0 Å². The smallest absolute Gasteiger partial charge is 0.0642 e. The van der Waals surface area contributed by atoms with E-state index in [0.717, 1.165) is 19.1 Å². The number of anilines is 1. The third kappa shape index (κ3) is 4.02. The van der Waals surface area contributed by atoms with Crippen molar-refractivity contribution in [3.8, 4) is 0 Å². The van der Waals surface area contributed by atoms with Gasteiger partial charge in [-0.1, -0.05) is 31.9 Å². The fourth-order valence-electron chi connectivity index (χ4n) is 2.69. The predicted molar refractivity (Wildman–Crippen MR) is 77.0 cm³/mol. The fourth-order valence-corrected chi connectivity index (χ4v) is 2.69. The minimum atomic E-state index is 0.484. The summed E-state index contributed by atoms with van der Waals surface area (Å²) in [5.41, 5.74) is 2.48. The van der Waals surface area contributed by atoms with Crippen molar-refractivity contribution in [2.24, 2.45) is 5.92 Å². The van der Waals surface area contributed by atoms with Crippen molar-refractivity contribution in [3.63, 3.8) is 0 Å². The van der Waals surface area contributed by atoms with Crippen molar-refractivity contribution in [3.05, 3.63) is 29.8 Å². The molecule has 0 bridgehead atoms. The molecule has 2 heteroatoms. The standard InChI is InChI=1S/C16H25NO/c1-13-6-5-8-15(12-13)17-10-11-18-16-9-4-3-7-14(16)2/h5-6,8,12,14,16-17H,3-4,7,9-11H2,1-2H3. The maximum absolute atomic E-state index is 5.98. The lowest BCUT2D eigenvalue weighted by molar-refractivity contribution is 0.000393. The van der Waals surface area contributed by atoms with E-state index in [4.69, 9.17) is 4.74 Å². The van der Waals surface area contributed by atoms with Crippen molar-refractivity contribution in [2.75, 3.05) is 18.5 Å². The number of nitrogens with one attached hydrogen (secondary N) is 1. The Labute approximate surface area is 111 Å². The second-order valence-electron chi connectivity index (χ2n) is 5.47. The van der Waals surface area contributed by atoms with Gasteiger partial charge in [0.25, 0.3) is 0 Å². The van der Waals surface area contributed by atoms with Crippen LogP contribution in [0.1, 0.15) is 38.2 Å². The number of hydrogen-bond acceptors (Lipinski definition) is 2. The highest BCUT2D eigenvalue weighted by Crippen LogP contribution is 2.26. The Kier molecular flexibility index (Phi) is 5.06. The van der Waals surface area contributed by atoms with Crippen LogP contribution in [0.25, 0.3) is 0 Å². The fraction of sp³-hybridized carbons (Fsp3) is 0.625. The van der Waals surface area contributed by atoms with E-state index >= 15 is 0 Å². The SMILES string of the molecule is Cc1cccc(NCCOC2CCCCC2C)c1. The van der Waals surface area contributed by atoms with E-state index in [9.17, 15) is 0 Å². The first-order valence-electron chi connectivity index (χ1n) is 7.18. The van der Waals surface area contributed by atoms with Crippen molar-refractivity contribution in [2.45, 2.75) is 45.6 Å². The van der Waals surface area contributed by atoms with Gasteiger partial charge in [0.15, 0.2) is 0 Å². The first kappa shape index (κ1) is 13.4. The van der Waals surface area contributed by atoms with Crippen LogP contribution in [-0.4, -0.2) is 19.3 Å². The summed E-state index contributed by atoms with van der Waals surface area (Å²) in [6.45, 7) is 6.14.